The van der Waals surface area contributed by atoms with Crippen LogP contribution in [0.5, 0.6) is 0 Å². The maximum atomic E-state index is 13.2. The van der Waals surface area contributed by atoms with Gasteiger partial charge in [0, 0.05) is 31.3 Å². The number of ether oxygens (including phenoxy) is 1. The van der Waals surface area contributed by atoms with Gasteiger partial charge >= 0.3 is 5.97 Å². The van der Waals surface area contributed by atoms with Crippen LogP contribution in [0.4, 0.5) is 0 Å². The van der Waals surface area contributed by atoms with Crippen LogP contribution in [0.3, 0.4) is 0 Å². The second-order valence-electron chi connectivity index (χ2n) is 11.1. The number of nitrogens with zero attached hydrogens (tertiary/aromatic N) is 3. The van der Waals surface area contributed by atoms with E-state index >= 15 is 0 Å². The fraction of sp³-hybridized carbons (Fsp3) is 0.265. The fourth-order valence-corrected chi connectivity index (χ4v) is 5.50. The summed E-state index contributed by atoms with van der Waals surface area (Å²) in [4.78, 5) is 27.9. The molecular weight excluding hydrogens is 498 g/mol. The van der Waals surface area contributed by atoms with Gasteiger partial charge in [-0.1, -0.05) is 91.0 Å². The Labute approximate surface area is 235 Å². The number of likely N-dealkylation sites (tertiary alicyclic amines) is 1. The van der Waals surface area contributed by atoms with Crippen molar-refractivity contribution < 1.29 is 14.3 Å². The second kappa shape index (κ2) is 11.4. The molecule has 1 aliphatic rings. The predicted molar refractivity (Wildman–Crippen MR) is 156 cm³/mol. The Morgan fingerprint density at radius 1 is 0.850 bits per heavy atom. The van der Waals surface area contributed by atoms with Crippen molar-refractivity contribution in [2.75, 3.05) is 13.1 Å². The highest BCUT2D eigenvalue weighted by Crippen LogP contribution is 2.44. The minimum absolute atomic E-state index is 0.0135. The zero-order valence-corrected chi connectivity index (χ0v) is 23.3. The summed E-state index contributed by atoms with van der Waals surface area (Å²) in [7, 11) is 0. The van der Waals surface area contributed by atoms with Gasteiger partial charge in [-0.2, -0.15) is 5.10 Å². The van der Waals surface area contributed by atoms with Gasteiger partial charge in [0.15, 0.2) is 5.78 Å². The zero-order chi connectivity index (χ0) is 28.2. The van der Waals surface area contributed by atoms with Crippen molar-refractivity contribution >= 4 is 17.8 Å². The Bertz CT molecular complexity index is 1390. The topological polar surface area (TPSA) is 64.4 Å². The van der Waals surface area contributed by atoms with Gasteiger partial charge in [0.2, 0.25) is 0 Å². The Morgan fingerprint density at radius 2 is 1.38 bits per heavy atom. The highest BCUT2D eigenvalue weighted by atomic mass is 16.6. The summed E-state index contributed by atoms with van der Waals surface area (Å²) in [6, 6.07) is 33.3. The quantitative estimate of drug-likeness (QED) is 0.169. The summed E-state index contributed by atoms with van der Waals surface area (Å²) in [6.45, 7) is 6.60. The maximum Gasteiger partial charge on any atom is 0.328 e. The van der Waals surface area contributed by atoms with Crippen molar-refractivity contribution in [3.05, 3.63) is 131 Å². The first kappa shape index (κ1) is 27.3. The summed E-state index contributed by atoms with van der Waals surface area (Å²) in [5, 5.41) is 4.54. The Hall–Kier alpha value is -4.29. The lowest BCUT2D eigenvalue weighted by atomic mass is 9.74. The molecule has 0 N–H and O–H groups in total. The monoisotopic (exact) mass is 533 g/mol. The molecule has 204 valence electrons. The summed E-state index contributed by atoms with van der Waals surface area (Å²) < 4.78 is 6.97. The minimum Gasteiger partial charge on any atom is -0.459 e. The largest absolute Gasteiger partial charge is 0.459 e. The van der Waals surface area contributed by atoms with E-state index in [1.807, 2.05) is 51.1 Å². The lowest BCUT2D eigenvalue weighted by molar-refractivity contribution is -0.155. The van der Waals surface area contributed by atoms with Gasteiger partial charge in [-0.25, -0.2) is 0 Å². The molecule has 5 rings (SSSR count). The molecular formula is C34H35N3O3. The van der Waals surface area contributed by atoms with Crippen LogP contribution >= 0.6 is 0 Å². The van der Waals surface area contributed by atoms with Crippen molar-refractivity contribution in [1.29, 1.82) is 0 Å². The standard InChI is InChI=1S/C34H35N3O3/c1-33(2,3)40-32(39)25-37-22-19-30(35-37)23-26-24-36(21-20-31(26)38)34(27-13-7-4-8-14-27,28-15-9-5-10-16-28)29-17-11-6-12-18-29/h4-19,22-23H,20-21,24-25H2,1-3H3. The molecule has 0 unspecified atom stereocenters. The molecule has 0 aliphatic carbocycles. The zero-order valence-electron chi connectivity index (χ0n) is 23.3. The lowest BCUT2D eigenvalue weighted by Crippen LogP contribution is -2.52. The maximum absolute atomic E-state index is 13.2. The Balaban J connectivity index is 1.53. The molecule has 1 fully saturated rings. The molecule has 40 heavy (non-hydrogen) atoms. The van der Waals surface area contributed by atoms with Gasteiger partial charge in [-0.3, -0.25) is 19.2 Å². The molecule has 0 radical (unpaired) electrons. The number of hydrogen-bond donors (Lipinski definition) is 0. The molecule has 3 aromatic carbocycles. The van der Waals surface area contributed by atoms with Crippen LogP contribution < -0.4 is 0 Å². The molecule has 2 heterocycles. The molecule has 0 bridgehead atoms. The lowest BCUT2D eigenvalue weighted by Gasteiger charge is -2.47. The number of Topliss-reactive ketones (excluding diaryl/α,β-unsaturated/α-hetero) is 1. The third-order valence-electron chi connectivity index (χ3n) is 7.07. The van der Waals surface area contributed by atoms with Crippen LogP contribution in [-0.4, -0.2) is 45.1 Å². The number of esters is 1. The summed E-state index contributed by atoms with van der Waals surface area (Å²) in [6.07, 6.45) is 3.99. The van der Waals surface area contributed by atoms with E-state index in [2.05, 4.69) is 82.8 Å². The van der Waals surface area contributed by atoms with Crippen LogP contribution in [0.1, 0.15) is 49.6 Å². The summed E-state index contributed by atoms with van der Waals surface area (Å²) >= 11 is 0. The van der Waals surface area contributed by atoms with Crippen LogP contribution in [0.25, 0.3) is 6.08 Å². The van der Waals surface area contributed by atoms with Crippen molar-refractivity contribution in [2.24, 2.45) is 0 Å². The van der Waals surface area contributed by atoms with Crippen molar-refractivity contribution in [2.45, 2.75) is 44.9 Å². The number of piperidine rings is 1. The van der Waals surface area contributed by atoms with Gasteiger partial charge in [0.1, 0.15) is 12.1 Å². The Morgan fingerprint density at radius 3 is 1.88 bits per heavy atom. The molecule has 6 nitrogen and oxygen atoms in total. The van der Waals surface area contributed by atoms with Crippen LogP contribution in [0.15, 0.2) is 109 Å². The van der Waals surface area contributed by atoms with E-state index < -0.39 is 11.1 Å². The first-order valence-electron chi connectivity index (χ1n) is 13.7. The molecule has 0 atom stereocenters. The van der Waals surface area contributed by atoms with Gasteiger partial charge in [-0.15, -0.1) is 0 Å². The third-order valence-corrected chi connectivity index (χ3v) is 7.07. The number of ketones is 1. The smallest absolute Gasteiger partial charge is 0.328 e. The third kappa shape index (κ3) is 5.82. The average Bonchev–Trinajstić information content (AvgIpc) is 3.38. The second-order valence-corrected chi connectivity index (χ2v) is 11.1. The van der Waals surface area contributed by atoms with Crippen LogP contribution in [0.2, 0.25) is 0 Å². The first-order valence-corrected chi connectivity index (χ1v) is 13.7. The highest BCUT2D eigenvalue weighted by Gasteiger charge is 2.44. The summed E-state index contributed by atoms with van der Waals surface area (Å²) in [5.41, 5.74) is 3.60. The van der Waals surface area contributed by atoms with Gasteiger partial charge in [-0.05, 0) is 49.6 Å². The number of hydrogen-bond acceptors (Lipinski definition) is 5. The van der Waals surface area contributed by atoms with E-state index in [1.54, 1.807) is 10.9 Å². The van der Waals surface area contributed by atoms with E-state index in [1.165, 1.54) is 0 Å². The van der Waals surface area contributed by atoms with Crippen molar-refractivity contribution in [3.63, 3.8) is 0 Å². The van der Waals surface area contributed by atoms with Crippen molar-refractivity contribution in [3.8, 4) is 0 Å². The van der Waals surface area contributed by atoms with Crippen LogP contribution in [-0.2, 0) is 26.4 Å². The average molecular weight is 534 g/mol. The number of aromatic nitrogens is 2. The number of carbonyl (C=O) groups is 2. The first-order chi connectivity index (χ1) is 19.3. The van der Waals surface area contributed by atoms with E-state index in [0.29, 0.717) is 30.8 Å². The van der Waals surface area contributed by atoms with Gasteiger partial charge in [0.05, 0.1) is 11.2 Å². The molecule has 0 spiro atoms. The molecule has 0 saturated carbocycles. The van der Waals surface area contributed by atoms with E-state index in [-0.39, 0.29) is 18.3 Å². The molecule has 0 amide bonds. The van der Waals surface area contributed by atoms with Crippen LogP contribution in [0, 0.1) is 0 Å². The van der Waals surface area contributed by atoms with Gasteiger partial charge < -0.3 is 4.74 Å². The molecule has 4 aromatic rings. The van der Waals surface area contributed by atoms with E-state index in [0.717, 1.165) is 16.7 Å². The van der Waals surface area contributed by atoms with Gasteiger partial charge in [0.25, 0.3) is 0 Å². The number of carbonyl (C=O) groups excluding carboxylic acids is 2. The minimum atomic E-state index is -0.598. The number of rotatable bonds is 7. The predicted octanol–water partition coefficient (Wildman–Crippen LogP) is 5.88. The molecule has 1 saturated heterocycles. The Kier molecular flexibility index (Phi) is 7.81. The number of benzene rings is 3. The summed E-state index contributed by atoms with van der Waals surface area (Å²) in [5.74, 6) is -0.242. The highest BCUT2D eigenvalue weighted by molar-refractivity contribution is 6.00. The fourth-order valence-electron chi connectivity index (χ4n) is 5.50. The molecule has 6 heteroatoms. The molecule has 1 aromatic heterocycles. The van der Waals surface area contributed by atoms with E-state index in [4.69, 9.17) is 4.74 Å². The van der Waals surface area contributed by atoms with E-state index in [9.17, 15) is 9.59 Å². The SMILES string of the molecule is CC(C)(C)OC(=O)Cn1ccc(C=C2CN(C(c3ccccc3)(c3ccccc3)c3ccccc3)CCC2=O)n1. The normalized spacial score (nSPS) is 15.8. The molecule has 1 aliphatic heterocycles. The van der Waals surface area contributed by atoms with Crippen molar-refractivity contribution in [1.82, 2.24) is 14.7 Å².